The van der Waals surface area contributed by atoms with Crippen LogP contribution in [0.25, 0.3) is 11.1 Å². The van der Waals surface area contributed by atoms with E-state index in [2.05, 4.69) is 17.4 Å². The number of fused-ring (bicyclic) bond motifs is 3. The molecule has 4 rings (SSSR count). The van der Waals surface area contributed by atoms with Crippen molar-refractivity contribution in [2.24, 2.45) is 5.92 Å². The second-order valence-electron chi connectivity index (χ2n) is 7.67. The maximum absolute atomic E-state index is 12.3. The van der Waals surface area contributed by atoms with Gasteiger partial charge in [-0.3, -0.25) is 0 Å². The molecule has 2 aromatic carbocycles. The zero-order chi connectivity index (χ0) is 20.2. The minimum Gasteiger partial charge on any atom is -0.480 e. The third kappa shape index (κ3) is 4.59. The number of ether oxygens (including phenoxy) is 2. The van der Waals surface area contributed by atoms with Gasteiger partial charge in [0.15, 0.2) is 0 Å². The number of benzene rings is 2. The van der Waals surface area contributed by atoms with Gasteiger partial charge in [0.1, 0.15) is 12.6 Å². The van der Waals surface area contributed by atoms with Gasteiger partial charge in [0.25, 0.3) is 0 Å². The second kappa shape index (κ2) is 8.66. The quantitative estimate of drug-likeness (QED) is 0.631. The Morgan fingerprint density at radius 2 is 1.62 bits per heavy atom. The summed E-state index contributed by atoms with van der Waals surface area (Å²) in [4.78, 5) is 23.7. The fraction of sp³-hybridized carbons (Fsp3) is 0.391. The van der Waals surface area contributed by atoms with Crippen LogP contribution in [-0.2, 0) is 14.3 Å². The number of amides is 1. The van der Waals surface area contributed by atoms with E-state index < -0.39 is 18.1 Å². The molecular weight excluding hydrogens is 370 g/mol. The number of carbonyl (C=O) groups is 2. The predicted molar refractivity (Wildman–Crippen MR) is 108 cm³/mol. The van der Waals surface area contributed by atoms with Crippen LogP contribution in [0.4, 0.5) is 4.79 Å². The highest BCUT2D eigenvalue weighted by atomic mass is 16.5. The summed E-state index contributed by atoms with van der Waals surface area (Å²) >= 11 is 0. The van der Waals surface area contributed by atoms with Crippen molar-refractivity contribution in [1.29, 1.82) is 0 Å². The third-order valence-electron chi connectivity index (χ3n) is 5.54. The number of carbonyl (C=O) groups excluding carboxylic acids is 1. The van der Waals surface area contributed by atoms with Gasteiger partial charge in [-0.15, -0.1) is 0 Å². The standard InChI is InChI=1S/C23H25NO5/c25-22(26)21(11-12-28-13-15-9-10-15)24-23(27)29-14-20-18-7-3-1-5-16(18)17-6-2-4-8-19(17)20/h1-8,15,20-21H,9-14H2,(H,24,27)(H,25,26). The molecule has 2 aliphatic rings. The zero-order valence-corrected chi connectivity index (χ0v) is 16.2. The van der Waals surface area contributed by atoms with Gasteiger partial charge in [0, 0.05) is 25.6 Å². The molecule has 0 heterocycles. The average molecular weight is 395 g/mol. The first-order valence-electron chi connectivity index (χ1n) is 10.1. The molecule has 2 N–H and O–H groups in total. The van der Waals surface area contributed by atoms with Gasteiger partial charge >= 0.3 is 12.1 Å². The Hall–Kier alpha value is -2.86. The third-order valence-corrected chi connectivity index (χ3v) is 5.54. The molecule has 0 bridgehead atoms. The molecule has 1 atom stereocenters. The van der Waals surface area contributed by atoms with Crippen molar-refractivity contribution in [3.8, 4) is 11.1 Å². The summed E-state index contributed by atoms with van der Waals surface area (Å²) in [7, 11) is 0. The van der Waals surface area contributed by atoms with Crippen molar-refractivity contribution >= 4 is 12.1 Å². The van der Waals surface area contributed by atoms with Gasteiger partial charge in [-0.1, -0.05) is 48.5 Å². The van der Waals surface area contributed by atoms with Crippen LogP contribution in [-0.4, -0.2) is 43.0 Å². The summed E-state index contributed by atoms with van der Waals surface area (Å²) in [6.45, 7) is 1.12. The van der Waals surface area contributed by atoms with Crippen LogP contribution < -0.4 is 5.32 Å². The predicted octanol–water partition coefficient (Wildman–Crippen LogP) is 3.80. The van der Waals surface area contributed by atoms with E-state index in [1.54, 1.807) is 0 Å². The maximum Gasteiger partial charge on any atom is 0.407 e. The number of rotatable bonds is 9. The minimum absolute atomic E-state index is 0.0571. The Labute approximate surface area is 169 Å². The average Bonchev–Trinajstić information content (AvgIpc) is 3.50. The highest BCUT2D eigenvalue weighted by molar-refractivity contribution is 5.81. The number of hydrogen-bond donors (Lipinski definition) is 2. The lowest BCUT2D eigenvalue weighted by Gasteiger charge is -2.17. The molecule has 29 heavy (non-hydrogen) atoms. The fourth-order valence-electron chi connectivity index (χ4n) is 3.78. The Bertz CT molecular complexity index is 847. The number of alkyl carbamates (subject to hydrolysis) is 1. The molecule has 6 heteroatoms. The molecule has 0 spiro atoms. The lowest BCUT2D eigenvalue weighted by Crippen LogP contribution is -2.42. The van der Waals surface area contributed by atoms with Gasteiger partial charge in [-0.05, 0) is 41.0 Å². The summed E-state index contributed by atoms with van der Waals surface area (Å²) in [6, 6.07) is 15.1. The Kier molecular flexibility index (Phi) is 5.81. The molecule has 1 saturated carbocycles. The smallest absolute Gasteiger partial charge is 0.407 e. The van der Waals surface area contributed by atoms with E-state index in [1.807, 2.05) is 36.4 Å². The van der Waals surface area contributed by atoms with Crippen molar-refractivity contribution < 1.29 is 24.2 Å². The first-order chi connectivity index (χ1) is 14.1. The number of carboxylic acid groups (broad SMARTS) is 1. The van der Waals surface area contributed by atoms with E-state index in [4.69, 9.17) is 9.47 Å². The largest absolute Gasteiger partial charge is 0.480 e. The molecular formula is C23H25NO5. The van der Waals surface area contributed by atoms with Gasteiger partial charge < -0.3 is 19.9 Å². The molecule has 0 aromatic heterocycles. The van der Waals surface area contributed by atoms with Crippen molar-refractivity contribution in [3.05, 3.63) is 59.7 Å². The van der Waals surface area contributed by atoms with E-state index in [1.165, 1.54) is 12.8 Å². The highest BCUT2D eigenvalue weighted by Gasteiger charge is 2.29. The zero-order valence-electron chi connectivity index (χ0n) is 16.2. The molecule has 152 valence electrons. The van der Waals surface area contributed by atoms with Crippen LogP contribution in [0.1, 0.15) is 36.3 Å². The number of carboxylic acids is 1. The van der Waals surface area contributed by atoms with Gasteiger partial charge in [0.2, 0.25) is 0 Å². The summed E-state index contributed by atoms with van der Waals surface area (Å²) < 4.78 is 10.9. The maximum atomic E-state index is 12.3. The van der Waals surface area contributed by atoms with Gasteiger partial charge in [-0.25, -0.2) is 9.59 Å². The molecule has 1 unspecified atom stereocenters. The summed E-state index contributed by atoms with van der Waals surface area (Å²) in [5.74, 6) is -0.528. The van der Waals surface area contributed by atoms with Crippen LogP contribution in [0, 0.1) is 5.92 Å². The minimum atomic E-state index is -1.09. The Morgan fingerprint density at radius 3 is 2.21 bits per heavy atom. The molecule has 0 saturated heterocycles. The Morgan fingerprint density at radius 1 is 1.00 bits per heavy atom. The topological polar surface area (TPSA) is 84.9 Å². The summed E-state index contributed by atoms with van der Waals surface area (Å²) in [5.41, 5.74) is 4.52. The van der Waals surface area contributed by atoms with Crippen LogP contribution >= 0.6 is 0 Å². The van der Waals surface area contributed by atoms with E-state index in [0.29, 0.717) is 19.1 Å². The molecule has 1 amide bonds. The Balaban J connectivity index is 1.33. The van der Waals surface area contributed by atoms with Crippen molar-refractivity contribution in [2.45, 2.75) is 31.2 Å². The van der Waals surface area contributed by atoms with Crippen LogP contribution in [0.3, 0.4) is 0 Å². The van der Waals surface area contributed by atoms with Gasteiger partial charge in [-0.2, -0.15) is 0 Å². The normalized spacial score (nSPS) is 16.0. The molecule has 2 aliphatic carbocycles. The van der Waals surface area contributed by atoms with Crippen molar-refractivity contribution in [3.63, 3.8) is 0 Å². The second-order valence-corrected chi connectivity index (χ2v) is 7.67. The highest BCUT2D eigenvalue weighted by Crippen LogP contribution is 2.44. The van der Waals surface area contributed by atoms with E-state index >= 15 is 0 Å². The lowest BCUT2D eigenvalue weighted by molar-refractivity contribution is -0.139. The van der Waals surface area contributed by atoms with Gasteiger partial charge in [0.05, 0.1) is 0 Å². The number of aliphatic carboxylic acids is 1. The number of hydrogen-bond acceptors (Lipinski definition) is 4. The lowest BCUT2D eigenvalue weighted by atomic mass is 9.98. The first kappa shape index (κ1) is 19.5. The number of nitrogens with one attached hydrogen (secondary N) is 1. The monoisotopic (exact) mass is 395 g/mol. The molecule has 0 radical (unpaired) electrons. The van der Waals surface area contributed by atoms with Crippen LogP contribution in [0.15, 0.2) is 48.5 Å². The van der Waals surface area contributed by atoms with Crippen LogP contribution in [0.5, 0.6) is 0 Å². The summed E-state index contributed by atoms with van der Waals surface area (Å²) in [5, 5.41) is 11.8. The molecule has 1 fully saturated rings. The van der Waals surface area contributed by atoms with E-state index in [9.17, 15) is 14.7 Å². The molecule has 6 nitrogen and oxygen atoms in total. The van der Waals surface area contributed by atoms with E-state index in [0.717, 1.165) is 22.3 Å². The summed E-state index contributed by atoms with van der Waals surface area (Å²) in [6.07, 6.45) is 1.86. The van der Waals surface area contributed by atoms with E-state index in [-0.39, 0.29) is 18.9 Å². The fourth-order valence-corrected chi connectivity index (χ4v) is 3.78. The van der Waals surface area contributed by atoms with Crippen molar-refractivity contribution in [1.82, 2.24) is 5.32 Å². The SMILES string of the molecule is O=C(NC(CCOCC1CC1)C(=O)O)OCC1c2ccccc2-c2ccccc21. The molecule has 2 aromatic rings. The first-order valence-corrected chi connectivity index (χ1v) is 10.1. The van der Waals surface area contributed by atoms with Crippen LogP contribution in [0.2, 0.25) is 0 Å². The van der Waals surface area contributed by atoms with Crippen molar-refractivity contribution in [2.75, 3.05) is 19.8 Å². The molecule has 0 aliphatic heterocycles.